The van der Waals surface area contributed by atoms with E-state index in [1.807, 2.05) is 17.8 Å². The maximum absolute atomic E-state index is 12.2. The fraction of sp³-hybridized carbons (Fsp3) is 0.438. The molecule has 7 heteroatoms. The van der Waals surface area contributed by atoms with Gasteiger partial charge in [0.2, 0.25) is 5.88 Å². The zero-order valence-electron chi connectivity index (χ0n) is 13.1. The second kappa shape index (κ2) is 7.23. The molecule has 0 radical (unpaired) electrons. The summed E-state index contributed by atoms with van der Waals surface area (Å²) >= 11 is 0. The quantitative estimate of drug-likeness (QED) is 0.915. The largest absolute Gasteiger partial charge is 0.478 e. The lowest BCUT2D eigenvalue weighted by Gasteiger charge is -2.22. The molecule has 0 saturated carbocycles. The summed E-state index contributed by atoms with van der Waals surface area (Å²) in [5.74, 6) is 0.295. The van der Waals surface area contributed by atoms with Crippen LogP contribution >= 0.6 is 0 Å². The van der Waals surface area contributed by atoms with E-state index >= 15 is 0 Å². The summed E-state index contributed by atoms with van der Waals surface area (Å²) in [6.07, 6.45) is 6.91. The first kappa shape index (κ1) is 15.5. The zero-order valence-corrected chi connectivity index (χ0v) is 13.1. The predicted octanol–water partition coefficient (Wildman–Crippen LogP) is 2.28. The van der Waals surface area contributed by atoms with Crippen LogP contribution in [0.5, 0.6) is 5.88 Å². The molecular weight excluding hydrogens is 296 g/mol. The number of carbonyl (C=O) groups is 1. The Morgan fingerprint density at radius 3 is 2.91 bits per heavy atom. The van der Waals surface area contributed by atoms with Gasteiger partial charge in [0.05, 0.1) is 30.1 Å². The molecule has 1 aliphatic heterocycles. The number of rotatable bonds is 5. The first-order valence-corrected chi connectivity index (χ1v) is 7.78. The Labute approximate surface area is 134 Å². The SMILES string of the molecule is CCOc1ccc(C(=O)Nc2cnn(C3CCOCC3)c2)cn1. The maximum Gasteiger partial charge on any atom is 0.257 e. The van der Waals surface area contributed by atoms with Gasteiger partial charge in [-0.2, -0.15) is 5.10 Å². The Bertz CT molecular complexity index is 648. The Balaban J connectivity index is 1.62. The molecule has 3 heterocycles. The first-order chi connectivity index (χ1) is 11.3. The Morgan fingerprint density at radius 1 is 1.39 bits per heavy atom. The topological polar surface area (TPSA) is 78.3 Å². The summed E-state index contributed by atoms with van der Waals surface area (Å²) in [5, 5.41) is 7.17. The van der Waals surface area contributed by atoms with E-state index in [1.54, 1.807) is 18.3 Å². The lowest BCUT2D eigenvalue weighted by atomic mass is 10.1. The highest BCUT2D eigenvalue weighted by Crippen LogP contribution is 2.21. The van der Waals surface area contributed by atoms with Gasteiger partial charge >= 0.3 is 0 Å². The van der Waals surface area contributed by atoms with Crippen molar-refractivity contribution in [1.82, 2.24) is 14.8 Å². The number of nitrogens with one attached hydrogen (secondary N) is 1. The van der Waals surface area contributed by atoms with Crippen LogP contribution in [0.3, 0.4) is 0 Å². The van der Waals surface area contributed by atoms with Crippen molar-refractivity contribution in [3.8, 4) is 5.88 Å². The Hall–Kier alpha value is -2.41. The fourth-order valence-electron chi connectivity index (χ4n) is 2.50. The normalized spacial score (nSPS) is 15.3. The first-order valence-electron chi connectivity index (χ1n) is 7.78. The second-order valence-electron chi connectivity index (χ2n) is 5.32. The summed E-state index contributed by atoms with van der Waals surface area (Å²) < 4.78 is 12.5. The van der Waals surface area contributed by atoms with Crippen LogP contribution in [0.1, 0.15) is 36.2 Å². The molecule has 0 atom stereocenters. The number of nitrogens with zero attached hydrogens (tertiary/aromatic N) is 3. The van der Waals surface area contributed by atoms with E-state index in [1.165, 1.54) is 6.20 Å². The van der Waals surface area contributed by atoms with Crippen molar-refractivity contribution in [2.24, 2.45) is 0 Å². The van der Waals surface area contributed by atoms with Crippen molar-refractivity contribution in [1.29, 1.82) is 0 Å². The third kappa shape index (κ3) is 3.87. The second-order valence-corrected chi connectivity index (χ2v) is 5.32. The highest BCUT2D eigenvalue weighted by Gasteiger charge is 2.17. The van der Waals surface area contributed by atoms with Crippen molar-refractivity contribution < 1.29 is 14.3 Å². The third-order valence-corrected chi connectivity index (χ3v) is 3.72. The molecular formula is C16H20N4O3. The molecule has 2 aromatic heterocycles. The zero-order chi connectivity index (χ0) is 16.1. The van der Waals surface area contributed by atoms with E-state index in [0.29, 0.717) is 29.8 Å². The van der Waals surface area contributed by atoms with Gasteiger partial charge in [-0.1, -0.05) is 0 Å². The molecule has 0 aliphatic carbocycles. The summed E-state index contributed by atoms with van der Waals surface area (Å²) in [6, 6.07) is 3.71. The fourth-order valence-corrected chi connectivity index (χ4v) is 2.50. The van der Waals surface area contributed by atoms with Gasteiger partial charge in [0.25, 0.3) is 5.91 Å². The molecule has 1 aliphatic rings. The number of carbonyl (C=O) groups excluding carboxylic acids is 1. The number of hydrogen-bond acceptors (Lipinski definition) is 5. The standard InChI is InChI=1S/C16H20N4O3/c1-2-23-15-4-3-12(9-17-15)16(21)19-13-10-18-20(11-13)14-5-7-22-8-6-14/h3-4,9-11,14H,2,5-8H2,1H3,(H,19,21). The number of aromatic nitrogens is 3. The molecule has 1 N–H and O–H groups in total. The van der Waals surface area contributed by atoms with E-state index in [2.05, 4.69) is 15.4 Å². The summed E-state index contributed by atoms with van der Waals surface area (Å²) in [7, 11) is 0. The van der Waals surface area contributed by atoms with Crippen LogP contribution in [0.4, 0.5) is 5.69 Å². The molecule has 1 amide bonds. The van der Waals surface area contributed by atoms with Gasteiger partial charge in [-0.05, 0) is 25.8 Å². The van der Waals surface area contributed by atoms with Gasteiger partial charge < -0.3 is 14.8 Å². The number of pyridine rings is 1. The molecule has 122 valence electrons. The van der Waals surface area contributed by atoms with Crippen molar-refractivity contribution in [2.45, 2.75) is 25.8 Å². The lowest BCUT2D eigenvalue weighted by molar-refractivity contribution is 0.0662. The average molecular weight is 316 g/mol. The molecule has 7 nitrogen and oxygen atoms in total. The number of amides is 1. The minimum atomic E-state index is -0.216. The van der Waals surface area contributed by atoms with Crippen molar-refractivity contribution in [3.05, 3.63) is 36.3 Å². The van der Waals surface area contributed by atoms with E-state index in [-0.39, 0.29) is 5.91 Å². The molecule has 0 bridgehead atoms. The third-order valence-electron chi connectivity index (χ3n) is 3.72. The maximum atomic E-state index is 12.2. The van der Waals surface area contributed by atoms with Gasteiger partial charge in [0, 0.05) is 31.7 Å². The smallest absolute Gasteiger partial charge is 0.257 e. The van der Waals surface area contributed by atoms with Crippen LogP contribution in [0.2, 0.25) is 0 Å². The molecule has 2 aromatic rings. The van der Waals surface area contributed by atoms with Crippen LogP contribution in [-0.2, 0) is 4.74 Å². The molecule has 1 saturated heterocycles. The highest BCUT2D eigenvalue weighted by molar-refractivity contribution is 6.03. The summed E-state index contributed by atoms with van der Waals surface area (Å²) in [6.45, 7) is 3.94. The predicted molar refractivity (Wildman–Crippen MR) is 84.7 cm³/mol. The van der Waals surface area contributed by atoms with Crippen molar-refractivity contribution in [2.75, 3.05) is 25.1 Å². The molecule has 0 spiro atoms. The van der Waals surface area contributed by atoms with Gasteiger partial charge in [-0.3, -0.25) is 9.48 Å². The van der Waals surface area contributed by atoms with Crippen molar-refractivity contribution >= 4 is 11.6 Å². The van der Waals surface area contributed by atoms with Gasteiger partial charge in [0.15, 0.2) is 0 Å². The minimum Gasteiger partial charge on any atom is -0.478 e. The molecule has 0 unspecified atom stereocenters. The van der Waals surface area contributed by atoms with E-state index < -0.39 is 0 Å². The number of hydrogen-bond donors (Lipinski definition) is 1. The van der Waals surface area contributed by atoms with Gasteiger partial charge in [0.1, 0.15) is 0 Å². The molecule has 23 heavy (non-hydrogen) atoms. The van der Waals surface area contributed by atoms with Crippen LogP contribution < -0.4 is 10.1 Å². The lowest BCUT2D eigenvalue weighted by Crippen LogP contribution is -2.19. The van der Waals surface area contributed by atoms with E-state index in [4.69, 9.17) is 9.47 Å². The van der Waals surface area contributed by atoms with Gasteiger partial charge in [-0.25, -0.2) is 4.98 Å². The highest BCUT2D eigenvalue weighted by atomic mass is 16.5. The number of anilines is 1. The Morgan fingerprint density at radius 2 is 2.22 bits per heavy atom. The Kier molecular flexibility index (Phi) is 4.87. The molecule has 1 fully saturated rings. The van der Waals surface area contributed by atoms with Crippen molar-refractivity contribution in [3.63, 3.8) is 0 Å². The van der Waals surface area contributed by atoms with Crippen LogP contribution in [0, 0.1) is 0 Å². The van der Waals surface area contributed by atoms with E-state index in [0.717, 1.165) is 26.1 Å². The average Bonchev–Trinajstić information content (AvgIpc) is 3.05. The number of ether oxygens (including phenoxy) is 2. The van der Waals surface area contributed by atoms with E-state index in [9.17, 15) is 4.79 Å². The van der Waals surface area contributed by atoms with Gasteiger partial charge in [-0.15, -0.1) is 0 Å². The summed E-state index contributed by atoms with van der Waals surface area (Å²) in [5.41, 5.74) is 1.16. The summed E-state index contributed by atoms with van der Waals surface area (Å²) in [4.78, 5) is 16.3. The molecule has 0 aromatic carbocycles. The monoisotopic (exact) mass is 316 g/mol. The van der Waals surface area contributed by atoms with Crippen LogP contribution in [0.25, 0.3) is 0 Å². The minimum absolute atomic E-state index is 0.216. The van der Waals surface area contributed by atoms with Crippen LogP contribution in [0.15, 0.2) is 30.7 Å². The molecule has 3 rings (SSSR count). The van der Waals surface area contributed by atoms with Crippen LogP contribution in [-0.4, -0.2) is 40.5 Å².